The van der Waals surface area contributed by atoms with Gasteiger partial charge in [-0.25, -0.2) is 0 Å². The summed E-state index contributed by atoms with van der Waals surface area (Å²) < 4.78 is 10.7. The van der Waals surface area contributed by atoms with E-state index in [0.717, 1.165) is 37.9 Å². The van der Waals surface area contributed by atoms with Gasteiger partial charge in [-0.2, -0.15) is 0 Å². The van der Waals surface area contributed by atoms with Crippen molar-refractivity contribution in [2.24, 2.45) is 11.3 Å². The van der Waals surface area contributed by atoms with Gasteiger partial charge >= 0.3 is 5.97 Å². The van der Waals surface area contributed by atoms with Gasteiger partial charge in [-0.1, -0.05) is 25.5 Å². The van der Waals surface area contributed by atoms with Crippen molar-refractivity contribution < 1.29 is 14.3 Å². The molecule has 0 heterocycles. The normalized spacial score (nSPS) is 33.5. The summed E-state index contributed by atoms with van der Waals surface area (Å²) in [7, 11) is 3.25. The Morgan fingerprint density at radius 3 is 2.68 bits per heavy atom. The third kappa shape index (κ3) is 1.98. The van der Waals surface area contributed by atoms with Gasteiger partial charge < -0.3 is 9.47 Å². The van der Waals surface area contributed by atoms with Crippen LogP contribution in [-0.2, 0) is 21.4 Å². The van der Waals surface area contributed by atoms with Gasteiger partial charge in [-0.15, -0.1) is 0 Å². The first-order valence-corrected chi connectivity index (χ1v) is 8.22. The predicted molar refractivity (Wildman–Crippen MR) is 86.1 cm³/mol. The van der Waals surface area contributed by atoms with Crippen molar-refractivity contribution in [2.75, 3.05) is 14.2 Å². The summed E-state index contributed by atoms with van der Waals surface area (Å²) >= 11 is 0. The van der Waals surface area contributed by atoms with Crippen LogP contribution < -0.4 is 4.74 Å². The van der Waals surface area contributed by atoms with E-state index >= 15 is 0 Å². The Labute approximate surface area is 133 Å². The van der Waals surface area contributed by atoms with Crippen molar-refractivity contribution in [1.82, 2.24) is 0 Å². The van der Waals surface area contributed by atoms with Gasteiger partial charge in [0.1, 0.15) is 5.75 Å². The highest BCUT2D eigenvalue weighted by Crippen LogP contribution is 2.58. The molecule has 0 bridgehead atoms. The summed E-state index contributed by atoms with van der Waals surface area (Å²) in [6, 6.07) is 6.35. The molecule has 3 atom stereocenters. The number of carbonyl (C=O) groups excluding carboxylic acids is 1. The molecule has 3 nitrogen and oxygen atoms in total. The Morgan fingerprint density at radius 1 is 1.23 bits per heavy atom. The van der Waals surface area contributed by atoms with Gasteiger partial charge in [0.15, 0.2) is 0 Å². The lowest BCUT2D eigenvalue weighted by molar-refractivity contribution is -0.161. The van der Waals surface area contributed by atoms with Crippen LogP contribution in [0.4, 0.5) is 0 Å². The molecule has 0 aromatic heterocycles. The Kier molecular flexibility index (Phi) is 3.70. The van der Waals surface area contributed by atoms with Crippen LogP contribution in [0.1, 0.15) is 50.7 Å². The van der Waals surface area contributed by atoms with Crippen molar-refractivity contribution >= 4 is 5.97 Å². The van der Waals surface area contributed by atoms with Gasteiger partial charge in [0.05, 0.1) is 19.6 Å². The molecule has 1 saturated carbocycles. The van der Waals surface area contributed by atoms with Gasteiger partial charge in [-0.3, -0.25) is 4.79 Å². The zero-order valence-electron chi connectivity index (χ0n) is 14.1. The lowest BCUT2D eigenvalue weighted by Gasteiger charge is -2.54. The predicted octanol–water partition coefficient (Wildman–Crippen LogP) is 3.88. The zero-order valence-corrected chi connectivity index (χ0v) is 14.1. The molecule has 3 heteroatoms. The second kappa shape index (κ2) is 5.29. The third-order valence-electron chi connectivity index (χ3n) is 6.23. The second-order valence-electron chi connectivity index (χ2n) is 7.26. The number of esters is 1. The zero-order chi connectivity index (χ0) is 16.0. The molecule has 22 heavy (non-hydrogen) atoms. The number of rotatable bonds is 2. The van der Waals surface area contributed by atoms with E-state index in [0.29, 0.717) is 5.92 Å². The van der Waals surface area contributed by atoms with E-state index in [-0.39, 0.29) is 16.8 Å². The fraction of sp³-hybridized carbons (Fsp3) is 0.632. The molecule has 1 aromatic carbocycles. The molecule has 0 N–H and O–H groups in total. The van der Waals surface area contributed by atoms with Gasteiger partial charge in [0, 0.05) is 0 Å². The van der Waals surface area contributed by atoms with Gasteiger partial charge in [-0.05, 0) is 61.1 Å². The average molecular weight is 302 g/mol. The number of fused-ring (bicyclic) bond motifs is 3. The van der Waals surface area contributed by atoms with Crippen LogP contribution in [-0.4, -0.2) is 20.2 Å². The van der Waals surface area contributed by atoms with Crippen molar-refractivity contribution in [1.29, 1.82) is 0 Å². The molecule has 0 radical (unpaired) electrons. The quantitative estimate of drug-likeness (QED) is 0.778. The summed E-state index contributed by atoms with van der Waals surface area (Å²) in [5.41, 5.74) is 2.36. The highest BCUT2D eigenvalue weighted by Gasteiger charge is 2.55. The summed E-state index contributed by atoms with van der Waals surface area (Å²) in [5, 5.41) is 0. The summed E-state index contributed by atoms with van der Waals surface area (Å²) in [5.74, 6) is 1.28. The van der Waals surface area contributed by atoms with E-state index in [1.807, 2.05) is 6.07 Å². The van der Waals surface area contributed by atoms with Gasteiger partial charge in [0.2, 0.25) is 0 Å². The molecule has 2 aliphatic rings. The van der Waals surface area contributed by atoms with Crippen LogP contribution in [0.3, 0.4) is 0 Å². The molecule has 120 valence electrons. The minimum absolute atomic E-state index is 0.0311. The third-order valence-corrected chi connectivity index (χ3v) is 6.23. The minimum atomic E-state index is -0.373. The van der Waals surface area contributed by atoms with Crippen molar-refractivity contribution in [3.8, 4) is 5.75 Å². The van der Waals surface area contributed by atoms with E-state index in [9.17, 15) is 4.79 Å². The van der Waals surface area contributed by atoms with E-state index in [2.05, 4.69) is 26.0 Å². The van der Waals surface area contributed by atoms with Crippen molar-refractivity contribution in [3.63, 3.8) is 0 Å². The highest BCUT2D eigenvalue weighted by molar-refractivity contribution is 5.77. The Morgan fingerprint density at radius 2 is 2.00 bits per heavy atom. The molecule has 3 rings (SSSR count). The molecule has 0 amide bonds. The van der Waals surface area contributed by atoms with Crippen molar-refractivity contribution in [3.05, 3.63) is 29.3 Å². The standard InChI is InChI=1S/C19H26O3/c1-18-11-6-12-19(2,17(20)22-4)16(18)10-9-13-14(18)7-5-8-15(13)21-3/h5,7-8,16H,6,9-12H2,1-4H3/t16-,18-,19+/m0/s1. The molecular weight excluding hydrogens is 276 g/mol. The lowest BCUT2D eigenvalue weighted by atomic mass is 9.50. The first kappa shape index (κ1) is 15.4. The van der Waals surface area contributed by atoms with E-state index in [1.54, 1.807) is 7.11 Å². The topological polar surface area (TPSA) is 35.5 Å². The highest BCUT2D eigenvalue weighted by atomic mass is 16.5. The van der Waals surface area contributed by atoms with Crippen LogP contribution in [0.15, 0.2) is 18.2 Å². The van der Waals surface area contributed by atoms with Crippen LogP contribution >= 0.6 is 0 Å². The van der Waals surface area contributed by atoms with E-state index in [1.165, 1.54) is 18.2 Å². The summed E-state index contributed by atoms with van der Waals surface area (Å²) in [6.45, 7) is 4.43. The van der Waals surface area contributed by atoms with Crippen LogP contribution in [0.2, 0.25) is 0 Å². The SMILES string of the molecule is COC(=O)[C@]1(C)CCC[C@@]2(C)c3cccc(OC)c3CC[C@H]12. The second-order valence-corrected chi connectivity index (χ2v) is 7.26. The first-order valence-electron chi connectivity index (χ1n) is 8.22. The number of carbonyl (C=O) groups is 1. The summed E-state index contributed by atoms with van der Waals surface area (Å²) in [6.07, 6.45) is 5.13. The monoisotopic (exact) mass is 302 g/mol. The largest absolute Gasteiger partial charge is 0.496 e. The average Bonchev–Trinajstić information content (AvgIpc) is 2.53. The number of benzene rings is 1. The van der Waals surface area contributed by atoms with Crippen LogP contribution in [0.5, 0.6) is 5.75 Å². The summed E-state index contributed by atoms with van der Waals surface area (Å²) in [4.78, 5) is 12.5. The lowest BCUT2D eigenvalue weighted by Crippen LogP contribution is -2.52. The van der Waals surface area contributed by atoms with E-state index < -0.39 is 0 Å². The van der Waals surface area contributed by atoms with Crippen LogP contribution in [0, 0.1) is 11.3 Å². The van der Waals surface area contributed by atoms with Gasteiger partial charge in [0.25, 0.3) is 0 Å². The Bertz CT molecular complexity index is 594. The maximum absolute atomic E-state index is 12.5. The fourth-order valence-electron chi connectivity index (χ4n) is 5.15. The maximum atomic E-state index is 12.5. The Hall–Kier alpha value is -1.51. The van der Waals surface area contributed by atoms with Crippen LogP contribution in [0.25, 0.3) is 0 Å². The minimum Gasteiger partial charge on any atom is -0.496 e. The number of hydrogen-bond acceptors (Lipinski definition) is 3. The number of hydrogen-bond donors (Lipinski definition) is 0. The molecule has 1 fully saturated rings. The molecule has 0 aliphatic heterocycles. The fourth-order valence-corrected chi connectivity index (χ4v) is 5.15. The van der Waals surface area contributed by atoms with E-state index in [4.69, 9.17) is 9.47 Å². The maximum Gasteiger partial charge on any atom is 0.311 e. The smallest absolute Gasteiger partial charge is 0.311 e. The molecule has 0 unspecified atom stereocenters. The molecule has 0 spiro atoms. The number of methoxy groups -OCH3 is 2. The molecule has 0 saturated heterocycles. The first-order chi connectivity index (χ1) is 10.5. The number of ether oxygens (including phenoxy) is 2. The molecule has 1 aromatic rings. The Balaban J connectivity index is 2.11. The molecular formula is C19H26O3. The van der Waals surface area contributed by atoms with Crippen molar-refractivity contribution in [2.45, 2.75) is 51.4 Å². The molecule has 2 aliphatic carbocycles.